The summed E-state index contributed by atoms with van der Waals surface area (Å²) in [6, 6.07) is 11.8. The lowest BCUT2D eigenvalue weighted by Gasteiger charge is -2.18. The van der Waals surface area contributed by atoms with Gasteiger partial charge in [0.2, 0.25) is 0 Å². The Bertz CT molecular complexity index is 584. The highest BCUT2D eigenvalue weighted by molar-refractivity contribution is 5.46. The molecule has 2 aromatic rings. The molecule has 0 unspecified atom stereocenters. The number of rotatable bonds is 5. The fourth-order valence-electron chi connectivity index (χ4n) is 2.20. The first-order valence-corrected chi connectivity index (χ1v) is 6.62. The van der Waals surface area contributed by atoms with Crippen molar-refractivity contribution < 1.29 is 4.74 Å². The Kier molecular flexibility index (Phi) is 4.58. The van der Waals surface area contributed by atoms with Crippen LogP contribution in [0, 0.1) is 6.92 Å². The predicted molar refractivity (Wildman–Crippen MR) is 81.6 cm³/mol. The van der Waals surface area contributed by atoms with E-state index in [1.165, 1.54) is 0 Å². The van der Waals surface area contributed by atoms with E-state index in [0.717, 1.165) is 41.5 Å². The maximum atomic E-state index is 5.97. The van der Waals surface area contributed by atoms with Gasteiger partial charge in [-0.1, -0.05) is 18.2 Å². The highest BCUT2D eigenvalue weighted by atomic mass is 16.5. The van der Waals surface area contributed by atoms with E-state index in [9.17, 15) is 0 Å². The minimum absolute atomic E-state index is 0.756. The zero-order valence-electron chi connectivity index (χ0n) is 12.3. The number of nitrogens with two attached hydrogens (primary N) is 1. The molecule has 1 aromatic heterocycles. The van der Waals surface area contributed by atoms with Crippen LogP contribution in [0.4, 0.5) is 5.69 Å². The van der Waals surface area contributed by atoms with Gasteiger partial charge < -0.3 is 10.5 Å². The number of benzene rings is 1. The van der Waals surface area contributed by atoms with Gasteiger partial charge in [0.15, 0.2) is 0 Å². The monoisotopic (exact) mass is 271 g/mol. The molecule has 0 bridgehead atoms. The Morgan fingerprint density at radius 1 is 1.20 bits per heavy atom. The van der Waals surface area contributed by atoms with Gasteiger partial charge in [-0.15, -0.1) is 0 Å². The van der Waals surface area contributed by atoms with Crippen molar-refractivity contribution in [1.82, 2.24) is 9.88 Å². The maximum absolute atomic E-state index is 5.97. The average Bonchev–Trinajstić information content (AvgIpc) is 2.40. The molecule has 1 aromatic carbocycles. The Morgan fingerprint density at radius 3 is 2.65 bits per heavy atom. The summed E-state index contributed by atoms with van der Waals surface area (Å²) < 4.78 is 5.28. The quantitative estimate of drug-likeness (QED) is 0.849. The van der Waals surface area contributed by atoms with Gasteiger partial charge in [-0.3, -0.25) is 9.88 Å². The molecule has 106 valence electrons. The second-order valence-electron chi connectivity index (χ2n) is 5.01. The molecule has 0 saturated carbocycles. The molecule has 0 saturated heterocycles. The number of anilines is 1. The fraction of sp³-hybridized carbons (Fsp3) is 0.312. The molecule has 4 nitrogen and oxygen atoms in total. The molecule has 0 radical (unpaired) electrons. The molecule has 0 fully saturated rings. The summed E-state index contributed by atoms with van der Waals surface area (Å²) in [4.78, 5) is 6.72. The van der Waals surface area contributed by atoms with E-state index in [-0.39, 0.29) is 0 Å². The van der Waals surface area contributed by atoms with Crippen LogP contribution in [0.3, 0.4) is 0 Å². The SMILES string of the molecule is COc1cc(C)nc(CN(C)Cc2ccccc2N)c1. The Balaban J connectivity index is 2.06. The van der Waals surface area contributed by atoms with Gasteiger partial charge in [0, 0.05) is 36.6 Å². The number of pyridine rings is 1. The van der Waals surface area contributed by atoms with Crippen molar-refractivity contribution in [2.24, 2.45) is 0 Å². The van der Waals surface area contributed by atoms with Gasteiger partial charge >= 0.3 is 0 Å². The Hall–Kier alpha value is -2.07. The third-order valence-corrected chi connectivity index (χ3v) is 3.14. The molecule has 2 N–H and O–H groups in total. The number of ether oxygens (including phenoxy) is 1. The molecule has 0 amide bonds. The minimum Gasteiger partial charge on any atom is -0.497 e. The largest absolute Gasteiger partial charge is 0.497 e. The summed E-state index contributed by atoms with van der Waals surface area (Å²) in [7, 11) is 3.73. The first-order valence-electron chi connectivity index (χ1n) is 6.62. The van der Waals surface area contributed by atoms with Crippen molar-refractivity contribution in [3.63, 3.8) is 0 Å². The molecule has 0 aliphatic rings. The van der Waals surface area contributed by atoms with Crippen LogP contribution in [0.5, 0.6) is 5.75 Å². The second-order valence-corrected chi connectivity index (χ2v) is 5.01. The van der Waals surface area contributed by atoms with Crippen LogP contribution < -0.4 is 10.5 Å². The van der Waals surface area contributed by atoms with E-state index in [4.69, 9.17) is 10.5 Å². The van der Waals surface area contributed by atoms with Crippen LogP contribution in [0.1, 0.15) is 17.0 Å². The molecule has 0 spiro atoms. The first-order chi connectivity index (χ1) is 9.58. The van der Waals surface area contributed by atoms with Crippen molar-refractivity contribution in [2.75, 3.05) is 19.9 Å². The third-order valence-electron chi connectivity index (χ3n) is 3.14. The topological polar surface area (TPSA) is 51.4 Å². The fourth-order valence-corrected chi connectivity index (χ4v) is 2.20. The van der Waals surface area contributed by atoms with Crippen LogP contribution in [0.25, 0.3) is 0 Å². The van der Waals surface area contributed by atoms with Crippen LogP contribution in [-0.4, -0.2) is 24.0 Å². The lowest BCUT2D eigenvalue weighted by atomic mass is 10.1. The zero-order chi connectivity index (χ0) is 14.5. The smallest absolute Gasteiger partial charge is 0.122 e. The van der Waals surface area contributed by atoms with Gasteiger partial charge in [0.1, 0.15) is 5.75 Å². The van der Waals surface area contributed by atoms with E-state index in [1.807, 2.05) is 37.3 Å². The first kappa shape index (κ1) is 14.3. The van der Waals surface area contributed by atoms with Crippen molar-refractivity contribution in [3.05, 3.63) is 53.3 Å². The number of hydrogen-bond donors (Lipinski definition) is 1. The summed E-state index contributed by atoms with van der Waals surface area (Å²) in [5.41, 5.74) is 9.90. The lowest BCUT2D eigenvalue weighted by molar-refractivity contribution is 0.314. The molecule has 0 aliphatic carbocycles. The van der Waals surface area contributed by atoms with Crippen LogP contribution >= 0.6 is 0 Å². The van der Waals surface area contributed by atoms with E-state index >= 15 is 0 Å². The molecule has 2 rings (SSSR count). The normalized spacial score (nSPS) is 10.8. The van der Waals surface area contributed by atoms with E-state index in [2.05, 4.69) is 23.0 Å². The average molecular weight is 271 g/mol. The van der Waals surface area contributed by atoms with Crippen molar-refractivity contribution in [3.8, 4) is 5.75 Å². The summed E-state index contributed by atoms with van der Waals surface area (Å²) in [6.45, 7) is 3.53. The van der Waals surface area contributed by atoms with Crippen molar-refractivity contribution >= 4 is 5.69 Å². The van der Waals surface area contributed by atoms with E-state index < -0.39 is 0 Å². The molecule has 0 atom stereocenters. The van der Waals surface area contributed by atoms with E-state index in [1.54, 1.807) is 7.11 Å². The summed E-state index contributed by atoms with van der Waals surface area (Å²) >= 11 is 0. The molecule has 4 heteroatoms. The summed E-state index contributed by atoms with van der Waals surface area (Å²) in [5.74, 6) is 0.847. The van der Waals surface area contributed by atoms with Crippen molar-refractivity contribution in [2.45, 2.75) is 20.0 Å². The van der Waals surface area contributed by atoms with Gasteiger partial charge in [-0.05, 0) is 25.6 Å². The summed E-state index contributed by atoms with van der Waals surface area (Å²) in [6.07, 6.45) is 0. The number of para-hydroxylation sites is 1. The number of methoxy groups -OCH3 is 1. The zero-order valence-corrected chi connectivity index (χ0v) is 12.3. The highest BCUT2D eigenvalue weighted by Gasteiger charge is 2.07. The third kappa shape index (κ3) is 3.71. The number of aryl methyl sites for hydroxylation is 1. The van der Waals surface area contributed by atoms with E-state index in [0.29, 0.717) is 0 Å². The van der Waals surface area contributed by atoms with Crippen LogP contribution in [0.15, 0.2) is 36.4 Å². The second kappa shape index (κ2) is 6.39. The Morgan fingerprint density at radius 2 is 1.95 bits per heavy atom. The standard InChI is InChI=1S/C16H21N3O/c1-12-8-15(20-3)9-14(18-12)11-19(2)10-13-6-4-5-7-16(13)17/h4-9H,10-11,17H2,1-3H3. The van der Waals surface area contributed by atoms with Crippen molar-refractivity contribution in [1.29, 1.82) is 0 Å². The molecule has 20 heavy (non-hydrogen) atoms. The number of hydrogen-bond acceptors (Lipinski definition) is 4. The molecule has 1 heterocycles. The predicted octanol–water partition coefficient (Wildman–Crippen LogP) is 2.61. The van der Waals surface area contributed by atoms with Crippen LogP contribution in [0.2, 0.25) is 0 Å². The molecular formula is C16H21N3O. The maximum Gasteiger partial charge on any atom is 0.122 e. The molecular weight excluding hydrogens is 250 g/mol. The van der Waals surface area contributed by atoms with Gasteiger partial charge in [-0.25, -0.2) is 0 Å². The Labute approximate surface area is 120 Å². The van der Waals surface area contributed by atoms with Gasteiger partial charge in [0.05, 0.1) is 12.8 Å². The van der Waals surface area contributed by atoms with Gasteiger partial charge in [0.25, 0.3) is 0 Å². The lowest BCUT2D eigenvalue weighted by Crippen LogP contribution is -2.19. The molecule has 0 aliphatic heterocycles. The highest BCUT2D eigenvalue weighted by Crippen LogP contribution is 2.17. The minimum atomic E-state index is 0.756. The number of nitrogen functional groups attached to an aromatic ring is 1. The van der Waals surface area contributed by atoms with Gasteiger partial charge in [-0.2, -0.15) is 0 Å². The number of aromatic nitrogens is 1. The summed E-state index contributed by atoms with van der Waals surface area (Å²) in [5, 5.41) is 0. The number of nitrogens with zero attached hydrogens (tertiary/aromatic N) is 2. The van der Waals surface area contributed by atoms with Crippen LogP contribution in [-0.2, 0) is 13.1 Å².